The van der Waals surface area contributed by atoms with E-state index in [0.717, 1.165) is 13.0 Å². The third-order valence-corrected chi connectivity index (χ3v) is 4.66. The lowest BCUT2D eigenvalue weighted by atomic mass is 9.92. The lowest BCUT2D eigenvalue weighted by Crippen LogP contribution is -2.52. The van der Waals surface area contributed by atoms with Gasteiger partial charge in [0.05, 0.1) is 6.61 Å². The average Bonchev–Trinajstić information content (AvgIpc) is 2.39. The van der Waals surface area contributed by atoms with Gasteiger partial charge >= 0.3 is 0 Å². The minimum atomic E-state index is -0.159. The molecular formula is C15H33N3O. The minimum absolute atomic E-state index is 0.159. The Morgan fingerprint density at radius 3 is 2.47 bits per heavy atom. The number of nitrogens with one attached hydrogen (secondary N) is 1. The van der Waals surface area contributed by atoms with E-state index in [2.05, 4.69) is 50.0 Å². The summed E-state index contributed by atoms with van der Waals surface area (Å²) in [5, 5.41) is 13.0. The van der Waals surface area contributed by atoms with E-state index >= 15 is 0 Å². The minimum Gasteiger partial charge on any atom is -0.394 e. The first kappa shape index (κ1) is 16.9. The van der Waals surface area contributed by atoms with Gasteiger partial charge in [-0.15, -0.1) is 0 Å². The van der Waals surface area contributed by atoms with Crippen molar-refractivity contribution < 1.29 is 5.11 Å². The maximum absolute atomic E-state index is 9.60. The molecule has 1 fully saturated rings. The van der Waals surface area contributed by atoms with Gasteiger partial charge in [-0.3, -0.25) is 0 Å². The van der Waals surface area contributed by atoms with Crippen molar-refractivity contribution in [2.24, 2.45) is 0 Å². The Balaban J connectivity index is 2.49. The van der Waals surface area contributed by atoms with Crippen LogP contribution < -0.4 is 5.32 Å². The maximum Gasteiger partial charge on any atom is 0.0611 e. The van der Waals surface area contributed by atoms with Crippen LogP contribution in [0.3, 0.4) is 0 Å². The Hall–Kier alpha value is -0.160. The fraction of sp³-hybridized carbons (Fsp3) is 1.00. The van der Waals surface area contributed by atoms with Crippen LogP contribution in [0.5, 0.6) is 0 Å². The Kier molecular flexibility index (Phi) is 6.74. The molecular weight excluding hydrogens is 238 g/mol. The highest BCUT2D eigenvalue weighted by Crippen LogP contribution is 2.21. The largest absolute Gasteiger partial charge is 0.394 e. The van der Waals surface area contributed by atoms with Crippen molar-refractivity contribution >= 4 is 0 Å². The zero-order valence-corrected chi connectivity index (χ0v) is 13.4. The Morgan fingerprint density at radius 1 is 1.42 bits per heavy atom. The van der Waals surface area contributed by atoms with Crippen LogP contribution in [0.4, 0.5) is 0 Å². The number of nitrogens with zero attached hydrogens (tertiary/aromatic N) is 2. The summed E-state index contributed by atoms with van der Waals surface area (Å²) >= 11 is 0. The van der Waals surface area contributed by atoms with E-state index < -0.39 is 0 Å². The molecule has 0 bridgehead atoms. The molecule has 1 rings (SSSR count). The van der Waals surface area contributed by atoms with Crippen LogP contribution in [0, 0.1) is 0 Å². The predicted octanol–water partition coefficient (Wildman–Crippen LogP) is 1.15. The molecule has 1 aliphatic heterocycles. The van der Waals surface area contributed by atoms with E-state index in [4.69, 9.17) is 0 Å². The van der Waals surface area contributed by atoms with Gasteiger partial charge in [0.1, 0.15) is 0 Å². The van der Waals surface area contributed by atoms with Gasteiger partial charge in [-0.05, 0) is 66.8 Å². The van der Waals surface area contributed by atoms with Gasteiger partial charge in [-0.25, -0.2) is 0 Å². The van der Waals surface area contributed by atoms with E-state index in [1.807, 2.05) is 0 Å². The van der Waals surface area contributed by atoms with Crippen molar-refractivity contribution in [3.8, 4) is 0 Å². The summed E-state index contributed by atoms with van der Waals surface area (Å²) in [7, 11) is 4.44. The first-order valence-corrected chi connectivity index (χ1v) is 7.68. The second-order valence-corrected chi connectivity index (χ2v) is 6.50. The SMILES string of the molecule is CCNC(C)(CO)CC(C)N(C)C1CCN(C)CC1. The first-order chi connectivity index (χ1) is 8.91. The fourth-order valence-corrected chi connectivity index (χ4v) is 3.18. The molecule has 0 aromatic rings. The Bertz CT molecular complexity index is 254. The van der Waals surface area contributed by atoms with E-state index in [1.165, 1.54) is 25.9 Å². The molecule has 0 aromatic carbocycles. The van der Waals surface area contributed by atoms with E-state index in [1.54, 1.807) is 0 Å². The molecule has 0 aromatic heterocycles. The average molecular weight is 271 g/mol. The molecule has 114 valence electrons. The van der Waals surface area contributed by atoms with Crippen LogP contribution in [0.15, 0.2) is 0 Å². The molecule has 1 aliphatic rings. The third-order valence-electron chi connectivity index (χ3n) is 4.66. The summed E-state index contributed by atoms with van der Waals surface area (Å²) in [6.07, 6.45) is 3.50. The van der Waals surface area contributed by atoms with Crippen LogP contribution in [0.1, 0.15) is 40.0 Å². The monoisotopic (exact) mass is 271 g/mol. The molecule has 2 atom stereocenters. The third kappa shape index (κ3) is 5.03. The molecule has 4 nitrogen and oxygen atoms in total. The van der Waals surface area contributed by atoms with Crippen molar-refractivity contribution in [1.82, 2.24) is 15.1 Å². The van der Waals surface area contributed by atoms with Gasteiger partial charge in [0.15, 0.2) is 0 Å². The molecule has 0 aliphatic carbocycles. The van der Waals surface area contributed by atoms with Gasteiger partial charge in [-0.1, -0.05) is 6.92 Å². The topological polar surface area (TPSA) is 38.7 Å². The summed E-state index contributed by atoms with van der Waals surface area (Å²) in [6, 6.07) is 1.18. The Labute approximate surface area is 119 Å². The number of rotatable bonds is 7. The number of aliphatic hydroxyl groups is 1. The fourth-order valence-electron chi connectivity index (χ4n) is 3.18. The van der Waals surface area contributed by atoms with Crippen molar-refractivity contribution in [3.05, 3.63) is 0 Å². The molecule has 19 heavy (non-hydrogen) atoms. The van der Waals surface area contributed by atoms with E-state index in [-0.39, 0.29) is 12.1 Å². The number of likely N-dealkylation sites (tertiary alicyclic amines) is 1. The normalized spacial score (nSPS) is 23.5. The highest BCUT2D eigenvalue weighted by molar-refractivity contribution is 4.88. The second-order valence-electron chi connectivity index (χ2n) is 6.50. The molecule has 1 heterocycles. The smallest absolute Gasteiger partial charge is 0.0611 e. The summed E-state index contributed by atoms with van der Waals surface area (Å²) in [5.74, 6) is 0. The van der Waals surface area contributed by atoms with Gasteiger partial charge < -0.3 is 20.2 Å². The molecule has 0 spiro atoms. The Morgan fingerprint density at radius 2 is 2.00 bits per heavy atom. The zero-order valence-electron chi connectivity index (χ0n) is 13.4. The standard InChI is InChI=1S/C15H33N3O/c1-6-16-15(3,12-19)11-13(2)18(5)14-7-9-17(4)10-8-14/h13-14,16,19H,6-12H2,1-5H3. The van der Waals surface area contributed by atoms with E-state index in [0.29, 0.717) is 12.1 Å². The number of piperidine rings is 1. The van der Waals surface area contributed by atoms with Gasteiger partial charge in [0, 0.05) is 17.6 Å². The molecule has 0 amide bonds. The lowest BCUT2D eigenvalue weighted by Gasteiger charge is -2.41. The zero-order chi connectivity index (χ0) is 14.5. The summed E-state index contributed by atoms with van der Waals surface area (Å²) in [4.78, 5) is 4.92. The van der Waals surface area contributed by atoms with Crippen molar-refractivity contribution in [2.45, 2.75) is 57.7 Å². The highest BCUT2D eigenvalue weighted by Gasteiger charge is 2.29. The van der Waals surface area contributed by atoms with Crippen LogP contribution in [-0.4, -0.2) is 72.9 Å². The predicted molar refractivity (Wildman–Crippen MR) is 81.5 cm³/mol. The van der Waals surface area contributed by atoms with Gasteiger partial charge in [0.25, 0.3) is 0 Å². The van der Waals surface area contributed by atoms with E-state index in [9.17, 15) is 5.11 Å². The number of aliphatic hydroxyl groups excluding tert-OH is 1. The molecule has 1 saturated heterocycles. The highest BCUT2D eigenvalue weighted by atomic mass is 16.3. The molecule has 4 heteroatoms. The number of hydrogen-bond acceptors (Lipinski definition) is 4. The van der Waals surface area contributed by atoms with Crippen LogP contribution >= 0.6 is 0 Å². The van der Waals surface area contributed by atoms with Gasteiger partial charge in [0.2, 0.25) is 0 Å². The number of likely N-dealkylation sites (N-methyl/N-ethyl adjacent to an activating group) is 1. The lowest BCUT2D eigenvalue weighted by molar-refractivity contribution is 0.0791. The quantitative estimate of drug-likeness (QED) is 0.729. The molecule has 0 radical (unpaired) electrons. The first-order valence-electron chi connectivity index (χ1n) is 7.68. The van der Waals surface area contributed by atoms with Crippen LogP contribution in [0.25, 0.3) is 0 Å². The van der Waals surface area contributed by atoms with Crippen LogP contribution in [0.2, 0.25) is 0 Å². The molecule has 2 unspecified atom stereocenters. The number of hydrogen-bond donors (Lipinski definition) is 2. The second kappa shape index (κ2) is 7.58. The summed E-state index contributed by atoms with van der Waals surface area (Å²) in [6.45, 7) is 10.0. The van der Waals surface area contributed by atoms with Crippen LogP contribution in [-0.2, 0) is 0 Å². The summed E-state index contributed by atoms with van der Waals surface area (Å²) < 4.78 is 0. The van der Waals surface area contributed by atoms with Gasteiger partial charge in [-0.2, -0.15) is 0 Å². The summed E-state index contributed by atoms with van der Waals surface area (Å²) in [5.41, 5.74) is -0.159. The molecule has 0 saturated carbocycles. The maximum atomic E-state index is 9.60. The van der Waals surface area contributed by atoms with Crippen molar-refractivity contribution in [2.75, 3.05) is 40.3 Å². The van der Waals surface area contributed by atoms with Crippen molar-refractivity contribution in [1.29, 1.82) is 0 Å². The molecule has 2 N–H and O–H groups in total. The van der Waals surface area contributed by atoms with Crippen molar-refractivity contribution in [3.63, 3.8) is 0 Å².